The summed E-state index contributed by atoms with van der Waals surface area (Å²) < 4.78 is 0.433. The molecule has 1 saturated heterocycles. The van der Waals surface area contributed by atoms with Gasteiger partial charge in [0, 0.05) is 4.75 Å². The smallest absolute Gasteiger partial charge is 0.00497 e. The molecule has 0 spiro atoms. The van der Waals surface area contributed by atoms with E-state index < -0.39 is 0 Å². The molecule has 66 valence electrons. The van der Waals surface area contributed by atoms with Gasteiger partial charge in [0.2, 0.25) is 0 Å². The molecule has 1 N–H and O–H groups in total. The summed E-state index contributed by atoms with van der Waals surface area (Å²) in [5, 5.41) is 3.39. The van der Waals surface area contributed by atoms with E-state index in [0.29, 0.717) is 4.75 Å². The molecule has 11 heavy (non-hydrogen) atoms. The fraction of sp³-hybridized carbons (Fsp3) is 0.889. The number of nitrogens with one attached hydrogen (secondary N) is 1. The molecule has 0 atom stereocenters. The van der Waals surface area contributed by atoms with Crippen LogP contribution in [0.5, 0.6) is 0 Å². The third-order valence-corrected chi connectivity index (χ3v) is 3.93. The fourth-order valence-corrected chi connectivity index (χ4v) is 2.17. The minimum Gasteiger partial charge on any atom is -0.317 e. The molecule has 0 aromatic carbocycles. The van der Waals surface area contributed by atoms with Crippen LogP contribution in [0.4, 0.5) is 0 Å². The summed E-state index contributed by atoms with van der Waals surface area (Å²) in [4.78, 5) is 0. The minimum atomic E-state index is 0.433. The molecule has 0 bridgehead atoms. The second-order valence-electron chi connectivity index (χ2n) is 3.84. The second kappa shape index (κ2) is 3.72. The topological polar surface area (TPSA) is 12.0 Å². The Morgan fingerprint density at radius 2 is 1.91 bits per heavy atom. The van der Waals surface area contributed by atoms with Crippen molar-refractivity contribution in [2.75, 3.05) is 13.1 Å². The van der Waals surface area contributed by atoms with Crippen molar-refractivity contribution in [3.8, 4) is 0 Å². The highest BCUT2D eigenvalue weighted by molar-refractivity contribution is 7.97. The predicted octanol–water partition coefficient (Wildman–Crippen LogP) is 1.66. The summed E-state index contributed by atoms with van der Waals surface area (Å²) in [6, 6.07) is 0. The minimum absolute atomic E-state index is 0.433. The molecular formula is C9H19NS. The van der Waals surface area contributed by atoms with E-state index >= 15 is 0 Å². The Morgan fingerprint density at radius 1 is 1.36 bits per heavy atom. The van der Waals surface area contributed by atoms with Crippen molar-refractivity contribution in [2.45, 2.75) is 31.4 Å². The first-order chi connectivity index (χ1) is 5.17. The van der Waals surface area contributed by atoms with Gasteiger partial charge in [-0.3, -0.25) is 0 Å². The first kappa shape index (κ1) is 9.27. The van der Waals surface area contributed by atoms with Crippen LogP contribution in [0.2, 0.25) is 0 Å². The third-order valence-electron chi connectivity index (χ3n) is 2.75. The molecule has 1 fully saturated rings. The summed E-state index contributed by atoms with van der Waals surface area (Å²) in [6.07, 6.45) is 2.66. The van der Waals surface area contributed by atoms with E-state index in [4.69, 9.17) is 0 Å². The van der Waals surface area contributed by atoms with Crippen molar-refractivity contribution >= 4 is 17.2 Å². The number of hydrogen-bond acceptors (Lipinski definition) is 1. The Morgan fingerprint density at radius 3 is 2.36 bits per heavy atom. The maximum atomic E-state index is 3.98. The highest BCUT2D eigenvalue weighted by atomic mass is 32.1. The van der Waals surface area contributed by atoms with Gasteiger partial charge in [-0.05, 0) is 31.8 Å². The van der Waals surface area contributed by atoms with E-state index in [1.54, 1.807) is 0 Å². The summed E-state index contributed by atoms with van der Waals surface area (Å²) in [5.41, 5.74) is 0. The van der Waals surface area contributed by atoms with Gasteiger partial charge in [-0.1, -0.05) is 19.7 Å². The van der Waals surface area contributed by atoms with Crippen molar-refractivity contribution in [1.29, 1.82) is 0 Å². The average molecular weight is 173 g/mol. The zero-order chi connectivity index (χ0) is 8.32. The molecule has 0 aromatic heterocycles. The molecule has 1 aliphatic heterocycles. The fourth-order valence-electron chi connectivity index (χ4n) is 1.66. The molecule has 1 aliphatic rings. The second-order valence-corrected chi connectivity index (χ2v) is 5.30. The molecule has 0 aliphatic carbocycles. The first-order valence-electron chi connectivity index (χ1n) is 4.35. The van der Waals surface area contributed by atoms with E-state index in [1.807, 2.05) is 0 Å². The van der Waals surface area contributed by atoms with Crippen LogP contribution in [-0.2, 0) is 0 Å². The normalized spacial score (nSPS) is 22.0. The van der Waals surface area contributed by atoms with Crippen molar-refractivity contribution in [3.63, 3.8) is 0 Å². The van der Waals surface area contributed by atoms with Crippen LogP contribution in [0.3, 0.4) is 0 Å². The van der Waals surface area contributed by atoms with Crippen LogP contribution in [0.15, 0.2) is 0 Å². The van der Waals surface area contributed by atoms with Gasteiger partial charge >= 0.3 is 0 Å². The first-order valence-corrected chi connectivity index (χ1v) is 5.43. The molecule has 0 saturated carbocycles. The maximum Gasteiger partial charge on any atom is 0.00497 e. The van der Waals surface area contributed by atoms with E-state index in [1.165, 1.54) is 37.3 Å². The largest absolute Gasteiger partial charge is 0.317 e. The van der Waals surface area contributed by atoms with Gasteiger partial charge in [0.25, 0.3) is 0 Å². The van der Waals surface area contributed by atoms with Gasteiger partial charge in [0.1, 0.15) is 0 Å². The zero-order valence-corrected chi connectivity index (χ0v) is 8.45. The summed E-state index contributed by atoms with van der Waals surface area (Å²) in [6.45, 7) is 7.06. The van der Waals surface area contributed by atoms with Gasteiger partial charge in [0.05, 0.1) is 0 Å². The van der Waals surface area contributed by atoms with Crippen molar-refractivity contribution in [3.05, 3.63) is 0 Å². The lowest BCUT2D eigenvalue weighted by Crippen LogP contribution is -2.36. The monoisotopic (exact) mass is 173 g/mol. The van der Waals surface area contributed by atoms with Crippen LogP contribution in [0, 0.1) is 5.92 Å². The van der Waals surface area contributed by atoms with Crippen molar-refractivity contribution in [1.82, 2.24) is 5.32 Å². The predicted molar refractivity (Wildman–Crippen MR) is 55.8 cm³/mol. The van der Waals surface area contributed by atoms with E-state index in [9.17, 15) is 0 Å². The lowest BCUT2D eigenvalue weighted by molar-refractivity contribution is 0.319. The zero-order valence-electron chi connectivity index (χ0n) is 7.56. The van der Waals surface area contributed by atoms with Crippen LogP contribution >= 0.6 is 11.4 Å². The van der Waals surface area contributed by atoms with Gasteiger partial charge in [-0.25, -0.2) is 11.4 Å². The molecule has 1 heterocycles. The summed E-state index contributed by atoms with van der Waals surface area (Å²) >= 11 is 1.30. The Bertz CT molecular complexity index is 136. The van der Waals surface area contributed by atoms with Crippen molar-refractivity contribution < 1.29 is 0 Å². The lowest BCUT2D eigenvalue weighted by Gasteiger charge is -2.34. The highest BCUT2D eigenvalue weighted by Gasteiger charge is 2.27. The Hall–Kier alpha value is 0.180. The number of rotatable bonds is 2. The molecule has 0 amide bonds. The van der Waals surface area contributed by atoms with Gasteiger partial charge in [-0.15, -0.1) is 0 Å². The van der Waals surface area contributed by atoms with Gasteiger partial charge in [0.15, 0.2) is 0 Å². The summed E-state index contributed by atoms with van der Waals surface area (Å²) in [7, 11) is 0. The van der Waals surface area contributed by atoms with Crippen LogP contribution in [-0.4, -0.2) is 23.7 Å². The SMILES string of the molecule is C=[SH]C(C)(C)C1CCNCC1. The number of piperidine rings is 1. The molecule has 0 unspecified atom stereocenters. The molecule has 1 rings (SSSR count). The van der Waals surface area contributed by atoms with Crippen molar-refractivity contribution in [2.24, 2.45) is 5.92 Å². The average Bonchev–Trinajstić information content (AvgIpc) is 2.06. The molecule has 0 radical (unpaired) electrons. The number of thiol groups is 1. The van der Waals surface area contributed by atoms with E-state index in [-0.39, 0.29) is 0 Å². The van der Waals surface area contributed by atoms with E-state index in [0.717, 1.165) is 5.92 Å². The quantitative estimate of drug-likeness (QED) is 0.478. The Kier molecular flexibility index (Phi) is 3.14. The third kappa shape index (κ3) is 2.31. The van der Waals surface area contributed by atoms with E-state index in [2.05, 4.69) is 25.0 Å². The van der Waals surface area contributed by atoms with Crippen LogP contribution in [0.1, 0.15) is 26.7 Å². The lowest BCUT2D eigenvalue weighted by atomic mass is 9.86. The Labute approximate surface area is 73.5 Å². The van der Waals surface area contributed by atoms with Crippen LogP contribution in [0.25, 0.3) is 0 Å². The molecule has 2 heteroatoms. The van der Waals surface area contributed by atoms with Crippen LogP contribution < -0.4 is 5.32 Å². The molecule has 1 nitrogen and oxygen atoms in total. The Balaban J connectivity index is 2.50. The molecule has 0 aromatic rings. The highest BCUT2D eigenvalue weighted by Crippen LogP contribution is 2.32. The number of hydrogen-bond donors (Lipinski definition) is 2. The standard InChI is InChI=1S/C9H19NS/c1-9(2,11-3)8-4-6-10-7-5-8/h8,10-11H,3-7H2,1-2H3. The molecular weight excluding hydrogens is 154 g/mol. The maximum absolute atomic E-state index is 3.98. The van der Waals surface area contributed by atoms with Gasteiger partial charge in [-0.2, -0.15) is 0 Å². The summed E-state index contributed by atoms with van der Waals surface area (Å²) in [5.74, 6) is 4.86. The van der Waals surface area contributed by atoms with Gasteiger partial charge < -0.3 is 5.32 Å².